The Kier molecular flexibility index (Phi) is 3.99. The standard InChI is InChI=1S/C14H21N3O/c1-9-5-4-6-10(2)13(9)17-14(18)12-8-15-11(3)7-16-12/h4-6,11-12,15-16H,7-8H2,1-3H3,(H,17,18). The summed E-state index contributed by atoms with van der Waals surface area (Å²) in [6.45, 7) is 7.63. The maximum absolute atomic E-state index is 12.2. The molecule has 1 aromatic rings. The molecule has 1 aliphatic heterocycles. The molecule has 4 heteroatoms. The summed E-state index contributed by atoms with van der Waals surface area (Å²) in [4.78, 5) is 12.2. The van der Waals surface area contributed by atoms with Crippen molar-refractivity contribution in [2.24, 2.45) is 0 Å². The highest BCUT2D eigenvalue weighted by Gasteiger charge is 2.23. The van der Waals surface area contributed by atoms with Gasteiger partial charge in [0.1, 0.15) is 0 Å². The minimum atomic E-state index is -0.153. The van der Waals surface area contributed by atoms with E-state index in [0.717, 1.165) is 23.4 Å². The summed E-state index contributed by atoms with van der Waals surface area (Å²) < 4.78 is 0. The van der Waals surface area contributed by atoms with Gasteiger partial charge in [0.2, 0.25) is 5.91 Å². The number of carbonyl (C=O) groups excluding carboxylic acids is 1. The third-order valence-corrected chi connectivity index (χ3v) is 3.39. The van der Waals surface area contributed by atoms with Gasteiger partial charge in [-0.2, -0.15) is 0 Å². The highest BCUT2D eigenvalue weighted by molar-refractivity contribution is 5.96. The van der Waals surface area contributed by atoms with Crippen molar-refractivity contribution < 1.29 is 4.79 Å². The lowest BCUT2D eigenvalue weighted by atomic mass is 10.1. The summed E-state index contributed by atoms with van der Waals surface area (Å²) in [5.74, 6) is 0.0341. The largest absolute Gasteiger partial charge is 0.324 e. The van der Waals surface area contributed by atoms with Gasteiger partial charge in [-0.1, -0.05) is 18.2 Å². The van der Waals surface area contributed by atoms with E-state index in [0.29, 0.717) is 12.6 Å². The van der Waals surface area contributed by atoms with Crippen molar-refractivity contribution >= 4 is 11.6 Å². The number of piperazine rings is 1. The Morgan fingerprint density at radius 3 is 2.44 bits per heavy atom. The van der Waals surface area contributed by atoms with Gasteiger partial charge in [-0.25, -0.2) is 0 Å². The average molecular weight is 247 g/mol. The van der Waals surface area contributed by atoms with Crippen LogP contribution in [0, 0.1) is 13.8 Å². The Morgan fingerprint density at radius 2 is 1.89 bits per heavy atom. The van der Waals surface area contributed by atoms with E-state index in [1.54, 1.807) is 0 Å². The van der Waals surface area contributed by atoms with E-state index < -0.39 is 0 Å². The molecular weight excluding hydrogens is 226 g/mol. The second-order valence-corrected chi connectivity index (χ2v) is 5.03. The average Bonchev–Trinajstić information content (AvgIpc) is 2.34. The first-order valence-corrected chi connectivity index (χ1v) is 6.42. The molecule has 1 fully saturated rings. The smallest absolute Gasteiger partial charge is 0.242 e. The van der Waals surface area contributed by atoms with Crippen LogP contribution < -0.4 is 16.0 Å². The minimum Gasteiger partial charge on any atom is -0.324 e. The van der Waals surface area contributed by atoms with E-state index in [-0.39, 0.29) is 11.9 Å². The second kappa shape index (κ2) is 5.50. The van der Waals surface area contributed by atoms with Crippen LogP contribution in [-0.2, 0) is 4.79 Å². The van der Waals surface area contributed by atoms with E-state index in [1.807, 2.05) is 32.0 Å². The molecule has 0 saturated carbocycles. The minimum absolute atomic E-state index is 0.0341. The van der Waals surface area contributed by atoms with Gasteiger partial charge in [-0.15, -0.1) is 0 Å². The van der Waals surface area contributed by atoms with Crippen LogP contribution in [0.2, 0.25) is 0 Å². The number of rotatable bonds is 2. The lowest BCUT2D eigenvalue weighted by molar-refractivity contribution is -0.118. The zero-order valence-electron chi connectivity index (χ0n) is 11.2. The zero-order valence-corrected chi connectivity index (χ0v) is 11.2. The Morgan fingerprint density at radius 1 is 1.22 bits per heavy atom. The topological polar surface area (TPSA) is 53.2 Å². The van der Waals surface area contributed by atoms with Crippen LogP contribution in [0.3, 0.4) is 0 Å². The molecule has 4 nitrogen and oxygen atoms in total. The maximum Gasteiger partial charge on any atom is 0.242 e. The number of hydrogen-bond acceptors (Lipinski definition) is 3. The van der Waals surface area contributed by atoms with Gasteiger partial charge in [0.25, 0.3) is 0 Å². The zero-order chi connectivity index (χ0) is 13.1. The van der Waals surface area contributed by atoms with Crippen molar-refractivity contribution in [3.05, 3.63) is 29.3 Å². The normalized spacial score (nSPS) is 23.7. The Hall–Kier alpha value is -1.39. The van der Waals surface area contributed by atoms with E-state index >= 15 is 0 Å². The second-order valence-electron chi connectivity index (χ2n) is 5.03. The van der Waals surface area contributed by atoms with Crippen molar-refractivity contribution in [1.29, 1.82) is 0 Å². The molecular formula is C14H21N3O. The molecule has 2 rings (SSSR count). The predicted octanol–water partition coefficient (Wildman–Crippen LogP) is 1.19. The van der Waals surface area contributed by atoms with Gasteiger partial charge in [0.05, 0.1) is 6.04 Å². The number of aryl methyl sites for hydroxylation is 2. The van der Waals surface area contributed by atoms with E-state index in [2.05, 4.69) is 22.9 Å². The summed E-state index contributed by atoms with van der Waals surface area (Å²) in [5, 5.41) is 9.58. The molecule has 0 aromatic heterocycles. The van der Waals surface area contributed by atoms with Gasteiger partial charge in [-0.3, -0.25) is 4.79 Å². The third-order valence-electron chi connectivity index (χ3n) is 3.39. The molecule has 98 valence electrons. The fourth-order valence-electron chi connectivity index (χ4n) is 2.19. The highest BCUT2D eigenvalue weighted by Crippen LogP contribution is 2.19. The fourth-order valence-corrected chi connectivity index (χ4v) is 2.19. The quantitative estimate of drug-likeness (QED) is 0.736. The predicted molar refractivity (Wildman–Crippen MR) is 73.8 cm³/mol. The molecule has 1 saturated heterocycles. The van der Waals surface area contributed by atoms with Gasteiger partial charge in [-0.05, 0) is 31.9 Å². The summed E-state index contributed by atoms with van der Waals surface area (Å²) in [5.41, 5.74) is 3.13. The van der Waals surface area contributed by atoms with Crippen LogP contribution in [-0.4, -0.2) is 31.1 Å². The van der Waals surface area contributed by atoms with Gasteiger partial charge in [0, 0.05) is 24.8 Å². The van der Waals surface area contributed by atoms with Crippen molar-refractivity contribution in [3.63, 3.8) is 0 Å². The first kappa shape index (κ1) is 13.1. The maximum atomic E-state index is 12.2. The van der Waals surface area contributed by atoms with Crippen LogP contribution in [0.15, 0.2) is 18.2 Å². The van der Waals surface area contributed by atoms with Crippen molar-refractivity contribution in [3.8, 4) is 0 Å². The van der Waals surface area contributed by atoms with Crippen molar-refractivity contribution in [1.82, 2.24) is 10.6 Å². The van der Waals surface area contributed by atoms with E-state index in [9.17, 15) is 4.79 Å². The number of nitrogens with one attached hydrogen (secondary N) is 3. The van der Waals surface area contributed by atoms with Crippen molar-refractivity contribution in [2.45, 2.75) is 32.9 Å². The monoisotopic (exact) mass is 247 g/mol. The Labute approximate surface area is 108 Å². The van der Waals surface area contributed by atoms with Crippen LogP contribution >= 0.6 is 0 Å². The lowest BCUT2D eigenvalue weighted by Gasteiger charge is -2.28. The number of hydrogen-bond donors (Lipinski definition) is 3. The summed E-state index contributed by atoms with van der Waals surface area (Å²) >= 11 is 0. The molecule has 2 unspecified atom stereocenters. The summed E-state index contributed by atoms with van der Waals surface area (Å²) in [7, 11) is 0. The highest BCUT2D eigenvalue weighted by atomic mass is 16.2. The fraction of sp³-hybridized carbons (Fsp3) is 0.500. The molecule has 2 atom stereocenters. The van der Waals surface area contributed by atoms with E-state index in [1.165, 1.54) is 0 Å². The van der Waals surface area contributed by atoms with E-state index in [4.69, 9.17) is 0 Å². The van der Waals surface area contributed by atoms with Gasteiger partial charge >= 0.3 is 0 Å². The molecule has 18 heavy (non-hydrogen) atoms. The Bertz CT molecular complexity index is 416. The number of carbonyl (C=O) groups is 1. The number of para-hydroxylation sites is 1. The molecule has 0 aliphatic carbocycles. The van der Waals surface area contributed by atoms with Crippen LogP contribution in [0.5, 0.6) is 0 Å². The van der Waals surface area contributed by atoms with Crippen LogP contribution in [0.25, 0.3) is 0 Å². The van der Waals surface area contributed by atoms with Gasteiger partial charge in [0.15, 0.2) is 0 Å². The molecule has 0 radical (unpaired) electrons. The SMILES string of the molecule is Cc1cccc(C)c1NC(=O)C1CNC(C)CN1. The first-order chi connectivity index (χ1) is 8.58. The Balaban J connectivity index is 2.03. The summed E-state index contributed by atoms with van der Waals surface area (Å²) in [6, 6.07) is 6.30. The van der Waals surface area contributed by atoms with Crippen LogP contribution in [0.1, 0.15) is 18.1 Å². The first-order valence-electron chi connectivity index (χ1n) is 6.42. The molecule has 3 N–H and O–H groups in total. The molecule has 0 spiro atoms. The molecule has 1 heterocycles. The molecule has 1 aromatic carbocycles. The number of amides is 1. The molecule has 0 bridgehead atoms. The number of benzene rings is 1. The third kappa shape index (κ3) is 2.89. The van der Waals surface area contributed by atoms with Crippen molar-refractivity contribution in [2.75, 3.05) is 18.4 Å². The molecule has 1 amide bonds. The van der Waals surface area contributed by atoms with Gasteiger partial charge < -0.3 is 16.0 Å². The number of anilines is 1. The lowest BCUT2D eigenvalue weighted by Crippen LogP contribution is -2.57. The van der Waals surface area contributed by atoms with Crippen LogP contribution in [0.4, 0.5) is 5.69 Å². The molecule has 1 aliphatic rings. The summed E-state index contributed by atoms with van der Waals surface area (Å²) in [6.07, 6.45) is 0.